The molecule has 2 heterocycles. The second-order valence-corrected chi connectivity index (χ2v) is 23.6. The van der Waals surface area contributed by atoms with Crippen LogP contribution in [0.1, 0.15) is 103 Å². The Morgan fingerprint density at radius 3 is 1.44 bits per heavy atom. The van der Waals surface area contributed by atoms with E-state index in [2.05, 4.69) is 72.8 Å². The van der Waals surface area contributed by atoms with Crippen molar-refractivity contribution >= 4 is 82.8 Å². The van der Waals surface area contributed by atoms with Gasteiger partial charge in [0.25, 0.3) is 0 Å². The second-order valence-electron chi connectivity index (χ2n) is 22.6. The molecule has 0 spiro atoms. The van der Waals surface area contributed by atoms with Crippen LogP contribution in [0, 0.1) is 17.8 Å². The third kappa shape index (κ3) is 27.5. The Morgan fingerprint density at radius 1 is 0.551 bits per heavy atom. The van der Waals surface area contributed by atoms with Crippen LogP contribution in [0.3, 0.4) is 0 Å². The van der Waals surface area contributed by atoms with Gasteiger partial charge in [-0.2, -0.15) is 11.8 Å². The van der Waals surface area contributed by atoms with Crippen molar-refractivity contribution in [3.63, 3.8) is 0 Å². The zero-order valence-electron chi connectivity index (χ0n) is 51.3. The lowest BCUT2D eigenvalue weighted by Crippen LogP contribution is -2.61. The summed E-state index contributed by atoms with van der Waals surface area (Å²) in [4.78, 5) is 169. The molecule has 21 N–H and O–H groups in total. The van der Waals surface area contributed by atoms with E-state index >= 15 is 0 Å². The molecule has 0 saturated carbocycles. The number of rotatable bonds is 41. The fourth-order valence-corrected chi connectivity index (χ4v) is 9.47. The third-order valence-electron chi connectivity index (χ3n) is 13.7. The van der Waals surface area contributed by atoms with Gasteiger partial charge in [-0.25, -0.2) is 14.8 Å². The number of nitrogens with one attached hydrogen (secondary N) is 11. The number of amides is 10. The Hall–Kier alpha value is -8.65. The molecule has 0 aliphatic carbocycles. The molecule has 492 valence electrons. The van der Waals surface area contributed by atoms with Crippen molar-refractivity contribution in [2.45, 2.75) is 166 Å². The fraction of sp³-hybridized carbons (Fsp3) is 0.579. The van der Waals surface area contributed by atoms with E-state index in [9.17, 15) is 63.0 Å². The molecule has 31 nitrogen and oxygen atoms in total. The number of carboxylic acid groups (broad SMARTS) is 1. The third-order valence-corrected chi connectivity index (χ3v) is 14.4. The number of aromatic nitrogens is 4. The van der Waals surface area contributed by atoms with E-state index in [0.717, 1.165) is 0 Å². The predicted octanol–water partition coefficient (Wildman–Crippen LogP) is -3.25. The summed E-state index contributed by atoms with van der Waals surface area (Å²) in [5.41, 5.74) is 24.4. The van der Waals surface area contributed by atoms with Gasteiger partial charge in [-0.15, -0.1) is 0 Å². The highest BCUT2D eigenvalue weighted by Crippen LogP contribution is 2.14. The molecule has 0 saturated heterocycles. The maximum atomic E-state index is 14.5. The van der Waals surface area contributed by atoms with Gasteiger partial charge in [0.05, 0.1) is 25.3 Å². The lowest BCUT2D eigenvalue weighted by Gasteiger charge is -2.28. The van der Waals surface area contributed by atoms with Gasteiger partial charge in [-0.3, -0.25) is 52.9 Å². The summed E-state index contributed by atoms with van der Waals surface area (Å²) >= 11 is 1.31. The number of aliphatic hydroxyl groups excluding tert-OH is 1. The van der Waals surface area contributed by atoms with Crippen LogP contribution in [0.25, 0.3) is 0 Å². The number of imidazole rings is 2. The molecule has 89 heavy (non-hydrogen) atoms. The molecule has 0 radical (unpaired) electrons. The quantitative estimate of drug-likeness (QED) is 0.0151. The molecule has 0 aliphatic heterocycles. The highest BCUT2D eigenvalue weighted by atomic mass is 32.2. The highest BCUT2D eigenvalue weighted by molar-refractivity contribution is 7.98. The molecular weight excluding hydrogens is 1180 g/mol. The minimum absolute atomic E-state index is 0.0140. The van der Waals surface area contributed by atoms with Gasteiger partial charge >= 0.3 is 5.97 Å². The van der Waals surface area contributed by atoms with E-state index in [1.54, 1.807) is 64.3 Å². The number of carboxylic acids is 1. The van der Waals surface area contributed by atoms with E-state index < -0.39 is 151 Å². The number of guanidine groups is 1. The van der Waals surface area contributed by atoms with Crippen LogP contribution in [0.4, 0.5) is 0 Å². The van der Waals surface area contributed by atoms with E-state index in [-0.39, 0.29) is 81.5 Å². The van der Waals surface area contributed by atoms with E-state index in [4.69, 9.17) is 22.9 Å². The molecule has 0 unspecified atom stereocenters. The standard InChI is InChI=1S/C57H90N18O13S/c1-30(2)20-40(70-47(78)36(58)23-34-25-62-28-65-34)51(82)73-43(24-35-26-63-29-66-35)53(84)67-37(14-11-18-64-57(60)61)48(79)68-38(15-16-45(59)77)49(80)69-39(17-19-89-7)50(81)71-41(21-31(3)4)52(83)74-44(27-76)55(86)72-42(22-33-12-9-8-10-13-33)54(85)75-46(32(5)6)56(87)88/h8-10,12-13,25-26,28-32,36-44,46,76H,11,14-24,27,58H2,1-7H3,(H2,59,77)(H,62,65)(H,63,66)(H,67,84)(H,68,79)(H,69,80)(H,70,78)(H,71,81)(H,72,86)(H,73,82)(H,74,83)(H,75,85)(H,87,88)(H4,60,61,64)/t36-,37-,38-,39-,40-,41-,42-,43-,44-,46-/m0/s1. The van der Waals surface area contributed by atoms with Crippen LogP contribution >= 0.6 is 11.8 Å². The normalized spacial score (nSPS) is 14.6. The summed E-state index contributed by atoms with van der Waals surface area (Å²) < 4.78 is 0. The molecule has 10 amide bonds. The predicted molar refractivity (Wildman–Crippen MR) is 330 cm³/mol. The van der Waals surface area contributed by atoms with Gasteiger partial charge in [0.1, 0.15) is 54.4 Å². The van der Waals surface area contributed by atoms with Crippen molar-refractivity contribution in [1.29, 1.82) is 0 Å². The topological polar surface area (TPSA) is 510 Å². The van der Waals surface area contributed by atoms with Crippen molar-refractivity contribution in [2.75, 3.05) is 25.2 Å². The lowest BCUT2D eigenvalue weighted by molar-refractivity contribution is -0.143. The number of nitrogens with zero attached hydrogens (tertiary/aromatic N) is 3. The maximum absolute atomic E-state index is 14.5. The molecule has 1 aromatic carbocycles. The average molecular weight is 1270 g/mol. The van der Waals surface area contributed by atoms with Crippen LogP contribution in [0.15, 0.2) is 60.4 Å². The van der Waals surface area contributed by atoms with Crippen LogP contribution in [0.2, 0.25) is 0 Å². The molecule has 0 bridgehead atoms. The Morgan fingerprint density at radius 2 is 0.978 bits per heavy atom. The zero-order chi connectivity index (χ0) is 66.3. The number of carbonyl (C=O) groups is 11. The van der Waals surface area contributed by atoms with Crippen molar-refractivity contribution in [2.24, 2.45) is 45.7 Å². The van der Waals surface area contributed by atoms with Gasteiger partial charge in [-0.05, 0) is 73.9 Å². The fourth-order valence-electron chi connectivity index (χ4n) is 9.00. The van der Waals surface area contributed by atoms with Crippen molar-refractivity contribution in [3.05, 3.63) is 72.3 Å². The largest absolute Gasteiger partial charge is 0.480 e. The summed E-state index contributed by atoms with van der Waals surface area (Å²) in [6.45, 7) is 9.34. The molecule has 2 aromatic heterocycles. The summed E-state index contributed by atoms with van der Waals surface area (Å²) in [7, 11) is 0. The van der Waals surface area contributed by atoms with Crippen molar-refractivity contribution < 1.29 is 63.0 Å². The van der Waals surface area contributed by atoms with E-state index in [0.29, 0.717) is 17.0 Å². The molecule has 0 aliphatic rings. The van der Waals surface area contributed by atoms with Crippen LogP contribution in [0.5, 0.6) is 0 Å². The number of hydrogen-bond acceptors (Lipinski definition) is 17. The Kier molecular flexibility index (Phi) is 32.3. The Balaban J connectivity index is 1.91. The summed E-state index contributed by atoms with van der Waals surface area (Å²) in [6.07, 6.45) is 6.38. The first kappa shape index (κ1) is 74.6. The van der Waals surface area contributed by atoms with Gasteiger partial charge in [0, 0.05) is 56.0 Å². The minimum Gasteiger partial charge on any atom is -0.480 e. The van der Waals surface area contributed by atoms with Crippen molar-refractivity contribution in [1.82, 2.24) is 67.8 Å². The van der Waals surface area contributed by atoms with Gasteiger partial charge < -0.3 is 91.0 Å². The van der Waals surface area contributed by atoms with Gasteiger partial charge in [0.15, 0.2) is 5.96 Å². The summed E-state index contributed by atoms with van der Waals surface area (Å²) in [5.74, 6) is -11.0. The Bertz CT molecular complexity index is 2800. The number of aliphatic carboxylic acids is 1. The smallest absolute Gasteiger partial charge is 0.326 e. The van der Waals surface area contributed by atoms with Gasteiger partial charge in [-0.1, -0.05) is 71.9 Å². The number of benzene rings is 1. The van der Waals surface area contributed by atoms with Crippen molar-refractivity contribution in [3.8, 4) is 0 Å². The van der Waals surface area contributed by atoms with Crippen LogP contribution < -0.4 is 70.8 Å². The molecule has 0 fully saturated rings. The van der Waals surface area contributed by atoms with E-state index in [1.807, 2.05) is 13.8 Å². The highest BCUT2D eigenvalue weighted by Gasteiger charge is 2.37. The van der Waals surface area contributed by atoms with Crippen LogP contribution in [-0.2, 0) is 72.0 Å². The monoisotopic (exact) mass is 1270 g/mol. The average Bonchev–Trinajstić information content (AvgIpc) is 2.60. The molecule has 3 aromatic rings. The number of hydrogen-bond donors (Lipinski definition) is 17. The number of primary amides is 1. The first-order valence-electron chi connectivity index (χ1n) is 29.3. The number of nitrogens with two attached hydrogens (primary N) is 4. The zero-order valence-corrected chi connectivity index (χ0v) is 52.2. The number of aliphatic imine (C=N–C) groups is 1. The second kappa shape index (κ2) is 38.6. The number of thioether (sulfide) groups is 1. The minimum atomic E-state index is -1.69. The number of aliphatic hydroxyl groups is 1. The molecule has 3 rings (SSSR count). The number of aromatic amines is 2. The summed E-state index contributed by atoms with van der Waals surface area (Å²) in [5, 5.41) is 43.5. The number of carbonyl (C=O) groups excluding carboxylic acids is 10. The molecular formula is C57H90N18O13S. The number of H-pyrrole nitrogens is 2. The summed E-state index contributed by atoms with van der Waals surface area (Å²) in [6, 6.07) is -5.40. The van der Waals surface area contributed by atoms with Gasteiger partial charge in [0.2, 0.25) is 59.1 Å². The lowest BCUT2D eigenvalue weighted by atomic mass is 10.0. The molecule has 10 atom stereocenters. The molecule has 32 heteroatoms. The first-order valence-corrected chi connectivity index (χ1v) is 30.7. The maximum Gasteiger partial charge on any atom is 0.326 e. The SMILES string of the molecule is CSCC[C@H](NC(=O)[C@H](CCC(N)=O)NC(=O)[C@H](CCCN=C(N)N)NC(=O)[C@H](Cc1cnc[nH]1)NC(=O)[C@H](CC(C)C)NC(=O)[C@@H](N)Cc1cnc[nH]1)C(=O)N[C@@H](CC(C)C)C(=O)N[C@@H](CO)C(=O)N[C@@H](Cc1ccccc1)C(=O)N[C@H](C(=O)O)C(C)C. The first-order chi connectivity index (χ1) is 42.1. The Labute approximate surface area is 521 Å². The van der Waals surface area contributed by atoms with Crippen LogP contribution in [-0.4, -0.2) is 187 Å². The van der Waals surface area contributed by atoms with E-state index in [1.165, 1.54) is 36.8 Å².